The average Bonchev–Trinajstić information content (AvgIpc) is 2.62. The molecule has 0 bridgehead atoms. The van der Waals surface area contributed by atoms with Crippen molar-refractivity contribution in [2.24, 2.45) is 5.92 Å². The minimum Gasteiger partial charge on any atom is -0.339 e. The molecule has 0 atom stereocenters. The van der Waals surface area contributed by atoms with Crippen LogP contribution in [0.5, 0.6) is 0 Å². The van der Waals surface area contributed by atoms with E-state index in [0.29, 0.717) is 27.8 Å². The predicted octanol–water partition coefficient (Wildman–Crippen LogP) is 4.46. The predicted molar refractivity (Wildman–Crippen MR) is 100 cm³/mol. The van der Waals surface area contributed by atoms with Gasteiger partial charge in [0.05, 0.1) is 0 Å². The highest BCUT2D eigenvalue weighted by atomic mass is 35.5. The van der Waals surface area contributed by atoms with Crippen LogP contribution in [0.4, 0.5) is 5.69 Å². The number of hydrogen-bond acceptors (Lipinski definition) is 2. The first-order valence-electron chi connectivity index (χ1n) is 8.49. The Morgan fingerprint density at radius 2 is 1.72 bits per heavy atom. The molecule has 0 aliphatic carbocycles. The van der Waals surface area contributed by atoms with Crippen LogP contribution in [0.1, 0.15) is 40.5 Å². The third-order valence-electron chi connectivity index (χ3n) is 4.55. The van der Waals surface area contributed by atoms with Crippen molar-refractivity contribution in [3.63, 3.8) is 0 Å². The van der Waals surface area contributed by atoms with E-state index in [1.807, 2.05) is 4.90 Å². The van der Waals surface area contributed by atoms with Gasteiger partial charge in [0, 0.05) is 34.9 Å². The molecule has 0 aromatic heterocycles. The number of piperidine rings is 1. The molecule has 4 nitrogen and oxygen atoms in total. The summed E-state index contributed by atoms with van der Waals surface area (Å²) in [5.41, 5.74) is 1.79. The summed E-state index contributed by atoms with van der Waals surface area (Å²) in [6.45, 7) is 3.85. The van der Waals surface area contributed by atoms with E-state index >= 15 is 0 Å². The van der Waals surface area contributed by atoms with Crippen molar-refractivity contribution in [2.45, 2.75) is 19.8 Å². The van der Waals surface area contributed by atoms with Gasteiger partial charge in [-0.25, -0.2) is 0 Å². The highest BCUT2D eigenvalue weighted by Gasteiger charge is 2.21. The number of likely N-dealkylation sites (tertiary alicyclic amines) is 1. The summed E-state index contributed by atoms with van der Waals surface area (Å²) < 4.78 is 0. The first-order valence-corrected chi connectivity index (χ1v) is 8.87. The quantitative estimate of drug-likeness (QED) is 0.882. The Labute approximate surface area is 152 Å². The van der Waals surface area contributed by atoms with Crippen LogP contribution in [0.25, 0.3) is 0 Å². The second kappa shape index (κ2) is 7.70. The molecule has 0 saturated carbocycles. The molecule has 1 aliphatic rings. The van der Waals surface area contributed by atoms with Crippen LogP contribution >= 0.6 is 11.6 Å². The molecule has 1 N–H and O–H groups in total. The second-order valence-electron chi connectivity index (χ2n) is 6.52. The monoisotopic (exact) mass is 356 g/mol. The number of carbonyl (C=O) groups is 2. The number of anilines is 1. The minimum atomic E-state index is -0.230. The average molecular weight is 357 g/mol. The van der Waals surface area contributed by atoms with Gasteiger partial charge in [-0.15, -0.1) is 0 Å². The number of benzene rings is 2. The maximum absolute atomic E-state index is 12.5. The minimum absolute atomic E-state index is 0.0552. The fraction of sp³-hybridized carbons (Fsp3) is 0.300. The molecular weight excluding hydrogens is 336 g/mol. The summed E-state index contributed by atoms with van der Waals surface area (Å²) in [5.74, 6) is 0.513. The van der Waals surface area contributed by atoms with E-state index in [4.69, 9.17) is 11.6 Å². The summed E-state index contributed by atoms with van der Waals surface area (Å²) in [6.07, 6.45) is 2.11. The van der Waals surface area contributed by atoms with Crippen LogP contribution in [0, 0.1) is 5.92 Å². The lowest BCUT2D eigenvalue weighted by molar-refractivity contribution is 0.0697. The Bertz CT molecular complexity index is 766. The lowest BCUT2D eigenvalue weighted by atomic mass is 9.98. The van der Waals surface area contributed by atoms with Crippen molar-refractivity contribution in [3.05, 3.63) is 64.7 Å². The van der Waals surface area contributed by atoms with Crippen LogP contribution in [0.15, 0.2) is 48.5 Å². The van der Waals surface area contributed by atoms with E-state index < -0.39 is 0 Å². The number of nitrogens with one attached hydrogen (secondary N) is 1. The van der Waals surface area contributed by atoms with Gasteiger partial charge in [-0.05, 0) is 61.2 Å². The Morgan fingerprint density at radius 1 is 1.04 bits per heavy atom. The SMILES string of the molecule is CC1CCN(C(=O)c2ccc(NC(=O)c3cccc(Cl)c3)cc2)CC1. The Morgan fingerprint density at radius 3 is 2.36 bits per heavy atom. The van der Waals surface area contributed by atoms with E-state index in [-0.39, 0.29) is 11.8 Å². The zero-order chi connectivity index (χ0) is 17.8. The van der Waals surface area contributed by atoms with Gasteiger partial charge in [-0.3, -0.25) is 9.59 Å². The zero-order valence-electron chi connectivity index (χ0n) is 14.2. The number of hydrogen-bond donors (Lipinski definition) is 1. The molecule has 0 radical (unpaired) electrons. The maximum atomic E-state index is 12.5. The molecule has 1 fully saturated rings. The summed E-state index contributed by atoms with van der Waals surface area (Å²) in [7, 11) is 0. The number of carbonyl (C=O) groups excluding carboxylic acids is 2. The van der Waals surface area contributed by atoms with Gasteiger partial charge in [-0.1, -0.05) is 24.6 Å². The van der Waals surface area contributed by atoms with Crippen molar-refractivity contribution >= 4 is 29.1 Å². The largest absolute Gasteiger partial charge is 0.339 e. The zero-order valence-corrected chi connectivity index (χ0v) is 14.9. The van der Waals surface area contributed by atoms with E-state index in [0.717, 1.165) is 25.9 Å². The summed E-state index contributed by atoms with van der Waals surface area (Å²) >= 11 is 5.91. The van der Waals surface area contributed by atoms with E-state index in [9.17, 15) is 9.59 Å². The third kappa shape index (κ3) is 4.40. The smallest absolute Gasteiger partial charge is 0.255 e. The maximum Gasteiger partial charge on any atom is 0.255 e. The fourth-order valence-corrected chi connectivity index (χ4v) is 3.11. The van der Waals surface area contributed by atoms with Crippen LogP contribution in [0.2, 0.25) is 5.02 Å². The summed E-state index contributed by atoms with van der Waals surface area (Å²) in [5, 5.41) is 3.33. The molecule has 1 heterocycles. The lowest BCUT2D eigenvalue weighted by Crippen LogP contribution is -2.37. The number of rotatable bonds is 3. The van der Waals surface area contributed by atoms with E-state index in [1.54, 1.807) is 48.5 Å². The van der Waals surface area contributed by atoms with Gasteiger partial charge >= 0.3 is 0 Å². The molecule has 1 saturated heterocycles. The Hall–Kier alpha value is -2.33. The summed E-state index contributed by atoms with van der Waals surface area (Å²) in [6, 6.07) is 13.8. The van der Waals surface area contributed by atoms with Crippen LogP contribution in [0.3, 0.4) is 0 Å². The van der Waals surface area contributed by atoms with Crippen molar-refractivity contribution < 1.29 is 9.59 Å². The number of nitrogens with zero attached hydrogens (tertiary/aromatic N) is 1. The van der Waals surface area contributed by atoms with Gasteiger partial charge in [0.25, 0.3) is 11.8 Å². The van der Waals surface area contributed by atoms with Gasteiger partial charge in [0.2, 0.25) is 0 Å². The number of amides is 2. The molecule has 2 aromatic carbocycles. The molecule has 0 unspecified atom stereocenters. The first-order chi connectivity index (χ1) is 12.0. The molecule has 25 heavy (non-hydrogen) atoms. The van der Waals surface area contributed by atoms with Gasteiger partial charge in [-0.2, -0.15) is 0 Å². The van der Waals surface area contributed by atoms with E-state index in [1.165, 1.54) is 0 Å². The van der Waals surface area contributed by atoms with Crippen LogP contribution in [-0.4, -0.2) is 29.8 Å². The van der Waals surface area contributed by atoms with Gasteiger partial charge in [0.15, 0.2) is 0 Å². The normalized spacial score (nSPS) is 15.0. The van der Waals surface area contributed by atoms with Crippen molar-refractivity contribution in [3.8, 4) is 0 Å². The van der Waals surface area contributed by atoms with Crippen molar-refractivity contribution in [2.75, 3.05) is 18.4 Å². The Kier molecular flexibility index (Phi) is 5.39. The topological polar surface area (TPSA) is 49.4 Å². The molecular formula is C20H21ClN2O2. The molecule has 1 aliphatic heterocycles. The third-order valence-corrected chi connectivity index (χ3v) is 4.78. The second-order valence-corrected chi connectivity index (χ2v) is 6.95. The van der Waals surface area contributed by atoms with Gasteiger partial charge in [0.1, 0.15) is 0 Å². The molecule has 2 amide bonds. The molecule has 0 spiro atoms. The fourth-order valence-electron chi connectivity index (χ4n) is 2.92. The number of halogens is 1. The highest BCUT2D eigenvalue weighted by molar-refractivity contribution is 6.31. The van der Waals surface area contributed by atoms with E-state index in [2.05, 4.69) is 12.2 Å². The Balaban J connectivity index is 1.64. The molecule has 3 rings (SSSR count). The first kappa shape index (κ1) is 17.5. The van der Waals surface area contributed by atoms with Crippen molar-refractivity contribution in [1.82, 2.24) is 4.90 Å². The highest BCUT2D eigenvalue weighted by Crippen LogP contribution is 2.19. The molecule has 2 aromatic rings. The van der Waals surface area contributed by atoms with Gasteiger partial charge < -0.3 is 10.2 Å². The van der Waals surface area contributed by atoms with Crippen LogP contribution in [-0.2, 0) is 0 Å². The molecule has 5 heteroatoms. The van der Waals surface area contributed by atoms with Crippen LogP contribution < -0.4 is 5.32 Å². The van der Waals surface area contributed by atoms with Crippen molar-refractivity contribution in [1.29, 1.82) is 0 Å². The molecule has 130 valence electrons. The lowest BCUT2D eigenvalue weighted by Gasteiger charge is -2.30. The standard InChI is InChI=1S/C20H21ClN2O2/c1-14-9-11-23(12-10-14)20(25)15-5-7-18(8-6-15)22-19(24)16-3-2-4-17(21)13-16/h2-8,13-14H,9-12H2,1H3,(H,22,24). The summed E-state index contributed by atoms with van der Waals surface area (Å²) in [4.78, 5) is 26.6.